The van der Waals surface area contributed by atoms with Gasteiger partial charge in [0.2, 0.25) is 11.8 Å². The van der Waals surface area contributed by atoms with Crippen LogP contribution in [0.5, 0.6) is 0 Å². The minimum atomic E-state index is -0.482. The van der Waals surface area contributed by atoms with Crippen LogP contribution in [0.2, 0.25) is 5.02 Å². The number of halogens is 1. The highest BCUT2D eigenvalue weighted by Crippen LogP contribution is 2.26. The van der Waals surface area contributed by atoms with Crippen LogP contribution in [-0.4, -0.2) is 34.8 Å². The third kappa shape index (κ3) is 5.55. The van der Waals surface area contributed by atoms with Crippen LogP contribution in [0.15, 0.2) is 24.3 Å². The predicted molar refractivity (Wildman–Crippen MR) is 106 cm³/mol. The van der Waals surface area contributed by atoms with E-state index in [-0.39, 0.29) is 24.3 Å². The summed E-state index contributed by atoms with van der Waals surface area (Å²) in [7, 11) is 1.55. The molecular formula is C19H25ClN4O3. The number of nitrogens with one attached hydrogen (secondary N) is 2. The summed E-state index contributed by atoms with van der Waals surface area (Å²) >= 11 is 6.26. The topological polar surface area (TPSA) is 85.3 Å². The molecule has 27 heavy (non-hydrogen) atoms. The molecule has 0 fully saturated rings. The lowest BCUT2D eigenvalue weighted by Crippen LogP contribution is -2.25. The molecule has 2 amide bonds. The van der Waals surface area contributed by atoms with E-state index in [1.54, 1.807) is 36.9 Å². The number of benzene rings is 1. The third-order valence-corrected chi connectivity index (χ3v) is 4.49. The van der Waals surface area contributed by atoms with Crippen molar-refractivity contribution in [2.75, 3.05) is 17.7 Å². The van der Waals surface area contributed by atoms with E-state index in [4.69, 9.17) is 16.3 Å². The number of rotatable bonds is 7. The van der Waals surface area contributed by atoms with Crippen molar-refractivity contribution in [3.8, 4) is 0 Å². The van der Waals surface area contributed by atoms with Crippen LogP contribution in [0.1, 0.15) is 37.7 Å². The second-order valence-electron chi connectivity index (χ2n) is 6.53. The highest BCUT2D eigenvalue weighted by molar-refractivity contribution is 6.34. The number of carbonyl (C=O) groups is 2. The number of hydrogen-bond donors (Lipinski definition) is 2. The SMILES string of the molecule is COC(C)CC(=O)Nc1ccc(NC(=O)C(C)n2nc(C)cc2C)c(Cl)c1. The summed E-state index contributed by atoms with van der Waals surface area (Å²) in [6.45, 7) is 7.37. The maximum absolute atomic E-state index is 12.5. The summed E-state index contributed by atoms with van der Waals surface area (Å²) in [5.74, 6) is -0.399. The highest BCUT2D eigenvalue weighted by Gasteiger charge is 2.19. The molecule has 0 aliphatic rings. The lowest BCUT2D eigenvalue weighted by Gasteiger charge is -2.16. The summed E-state index contributed by atoms with van der Waals surface area (Å²) < 4.78 is 6.74. The number of ether oxygens (including phenoxy) is 1. The zero-order chi connectivity index (χ0) is 20.1. The molecule has 0 spiro atoms. The van der Waals surface area contributed by atoms with Crippen molar-refractivity contribution in [3.05, 3.63) is 40.7 Å². The molecule has 0 aliphatic heterocycles. The summed E-state index contributed by atoms with van der Waals surface area (Å²) in [5, 5.41) is 10.2. The maximum atomic E-state index is 12.5. The van der Waals surface area contributed by atoms with Crippen molar-refractivity contribution < 1.29 is 14.3 Å². The van der Waals surface area contributed by atoms with E-state index in [0.717, 1.165) is 11.4 Å². The zero-order valence-corrected chi connectivity index (χ0v) is 16.9. The van der Waals surface area contributed by atoms with Gasteiger partial charge in [0, 0.05) is 18.5 Å². The molecule has 1 aromatic heterocycles. The molecule has 2 atom stereocenters. The van der Waals surface area contributed by atoms with E-state index in [1.807, 2.05) is 26.8 Å². The van der Waals surface area contributed by atoms with Gasteiger partial charge in [-0.15, -0.1) is 0 Å². The Kier molecular flexibility index (Phi) is 6.98. The van der Waals surface area contributed by atoms with Gasteiger partial charge in [0.15, 0.2) is 0 Å². The van der Waals surface area contributed by atoms with Gasteiger partial charge in [-0.1, -0.05) is 11.6 Å². The lowest BCUT2D eigenvalue weighted by molar-refractivity contribution is -0.119. The summed E-state index contributed by atoms with van der Waals surface area (Å²) in [5.41, 5.74) is 2.79. The smallest absolute Gasteiger partial charge is 0.248 e. The van der Waals surface area contributed by atoms with E-state index in [0.29, 0.717) is 16.4 Å². The standard InChI is InChI=1S/C19H25ClN4O3/c1-11-8-12(2)24(23-11)14(4)19(26)22-17-7-6-15(10-16(17)20)21-18(25)9-13(3)27-5/h6-8,10,13-14H,9H2,1-5H3,(H,21,25)(H,22,26). The molecule has 1 aromatic carbocycles. The van der Waals surface area contributed by atoms with Crippen molar-refractivity contribution in [3.63, 3.8) is 0 Å². The fraction of sp³-hybridized carbons (Fsp3) is 0.421. The van der Waals surface area contributed by atoms with Crippen molar-refractivity contribution >= 4 is 34.8 Å². The fourth-order valence-electron chi connectivity index (χ4n) is 2.64. The summed E-state index contributed by atoms with van der Waals surface area (Å²) in [4.78, 5) is 24.5. The molecule has 2 aromatic rings. The van der Waals surface area contributed by atoms with Crippen LogP contribution in [-0.2, 0) is 14.3 Å². The largest absolute Gasteiger partial charge is 0.381 e. The predicted octanol–water partition coefficient (Wildman–Crippen LogP) is 3.72. The Labute approximate surface area is 164 Å². The van der Waals surface area contributed by atoms with E-state index in [1.165, 1.54) is 0 Å². The summed E-state index contributed by atoms with van der Waals surface area (Å²) in [6, 6.07) is 6.37. The van der Waals surface area contributed by atoms with Crippen LogP contribution < -0.4 is 10.6 Å². The summed E-state index contributed by atoms with van der Waals surface area (Å²) in [6.07, 6.45) is 0.0714. The van der Waals surface area contributed by atoms with E-state index < -0.39 is 6.04 Å². The van der Waals surface area contributed by atoms with Crippen LogP contribution in [0.4, 0.5) is 11.4 Å². The van der Waals surface area contributed by atoms with Crippen molar-refractivity contribution in [2.45, 2.75) is 46.3 Å². The van der Waals surface area contributed by atoms with Gasteiger partial charge in [0.1, 0.15) is 6.04 Å². The monoisotopic (exact) mass is 392 g/mol. The number of hydrogen-bond acceptors (Lipinski definition) is 4. The number of aromatic nitrogens is 2. The molecule has 2 rings (SSSR count). The fourth-order valence-corrected chi connectivity index (χ4v) is 2.86. The van der Waals surface area contributed by atoms with Gasteiger partial charge in [0.25, 0.3) is 0 Å². The molecule has 0 saturated carbocycles. The van der Waals surface area contributed by atoms with E-state index in [2.05, 4.69) is 15.7 Å². The number of methoxy groups -OCH3 is 1. The number of nitrogens with zero attached hydrogens (tertiary/aromatic N) is 2. The average molecular weight is 393 g/mol. The maximum Gasteiger partial charge on any atom is 0.248 e. The molecule has 0 saturated heterocycles. The minimum absolute atomic E-state index is 0.171. The number of amides is 2. The van der Waals surface area contributed by atoms with Crippen LogP contribution in [0.25, 0.3) is 0 Å². The molecule has 0 aliphatic carbocycles. The first-order chi connectivity index (χ1) is 12.7. The second-order valence-corrected chi connectivity index (χ2v) is 6.94. The molecule has 8 heteroatoms. The molecule has 1 heterocycles. The normalized spacial score (nSPS) is 13.1. The van der Waals surface area contributed by atoms with Gasteiger partial charge in [-0.05, 0) is 52.0 Å². The first-order valence-electron chi connectivity index (χ1n) is 8.67. The van der Waals surface area contributed by atoms with Gasteiger partial charge < -0.3 is 15.4 Å². The van der Waals surface area contributed by atoms with Gasteiger partial charge >= 0.3 is 0 Å². The van der Waals surface area contributed by atoms with Gasteiger partial charge in [-0.2, -0.15) is 5.10 Å². The number of carbonyl (C=O) groups excluding carboxylic acids is 2. The third-order valence-electron chi connectivity index (χ3n) is 4.18. The van der Waals surface area contributed by atoms with Gasteiger partial charge in [-0.25, -0.2) is 0 Å². The first-order valence-corrected chi connectivity index (χ1v) is 9.05. The second kappa shape index (κ2) is 9.01. The van der Waals surface area contributed by atoms with E-state index >= 15 is 0 Å². The van der Waals surface area contributed by atoms with Gasteiger partial charge in [-0.3, -0.25) is 14.3 Å². The van der Waals surface area contributed by atoms with Crippen molar-refractivity contribution in [1.82, 2.24) is 9.78 Å². The Morgan fingerprint density at radius 2 is 1.93 bits per heavy atom. The van der Waals surface area contributed by atoms with Crippen LogP contribution >= 0.6 is 11.6 Å². The minimum Gasteiger partial charge on any atom is -0.381 e. The Morgan fingerprint density at radius 1 is 1.22 bits per heavy atom. The van der Waals surface area contributed by atoms with Crippen molar-refractivity contribution in [2.24, 2.45) is 0 Å². The molecule has 146 valence electrons. The molecular weight excluding hydrogens is 368 g/mol. The van der Waals surface area contributed by atoms with Crippen molar-refractivity contribution in [1.29, 1.82) is 0 Å². The van der Waals surface area contributed by atoms with Crippen LogP contribution in [0.3, 0.4) is 0 Å². The zero-order valence-electron chi connectivity index (χ0n) is 16.2. The molecule has 0 radical (unpaired) electrons. The van der Waals surface area contributed by atoms with Gasteiger partial charge in [0.05, 0.1) is 28.9 Å². The Bertz CT molecular complexity index is 834. The number of anilines is 2. The Morgan fingerprint density at radius 3 is 2.48 bits per heavy atom. The molecule has 2 N–H and O–H groups in total. The Hall–Kier alpha value is -2.38. The first kappa shape index (κ1) is 20.9. The molecule has 0 bridgehead atoms. The molecule has 2 unspecified atom stereocenters. The van der Waals surface area contributed by atoms with Crippen LogP contribution in [0, 0.1) is 13.8 Å². The number of aryl methyl sites for hydroxylation is 2. The lowest BCUT2D eigenvalue weighted by atomic mass is 10.2. The average Bonchev–Trinajstić information content (AvgIpc) is 2.94. The highest BCUT2D eigenvalue weighted by atomic mass is 35.5. The Balaban J connectivity index is 2.04. The quantitative estimate of drug-likeness (QED) is 0.752. The molecule has 7 nitrogen and oxygen atoms in total. The van der Waals surface area contributed by atoms with E-state index in [9.17, 15) is 9.59 Å².